The second-order valence-corrected chi connectivity index (χ2v) is 5.27. The average molecular weight is 218 g/mol. The second kappa shape index (κ2) is 4.56. The molecule has 0 aliphatic carbocycles. The fraction of sp³-hybridized carbons (Fsp3) is 0.571. The van der Waals surface area contributed by atoms with Crippen LogP contribution >= 0.6 is 0 Å². The van der Waals surface area contributed by atoms with Crippen LogP contribution in [0.3, 0.4) is 0 Å². The highest BCUT2D eigenvalue weighted by atomic mass is 15.2. The fourth-order valence-corrected chi connectivity index (χ4v) is 2.64. The molecule has 1 aliphatic rings. The Morgan fingerprint density at radius 2 is 1.75 bits per heavy atom. The van der Waals surface area contributed by atoms with Crippen molar-refractivity contribution in [2.75, 3.05) is 34.2 Å². The van der Waals surface area contributed by atoms with E-state index in [1.54, 1.807) is 0 Å². The third-order valence-electron chi connectivity index (χ3n) is 3.64. The molecule has 0 unspecified atom stereocenters. The van der Waals surface area contributed by atoms with E-state index < -0.39 is 0 Å². The van der Waals surface area contributed by atoms with E-state index in [1.165, 1.54) is 24.2 Å². The average Bonchev–Trinajstić information content (AvgIpc) is 2.61. The van der Waals surface area contributed by atoms with Gasteiger partial charge in [0, 0.05) is 25.0 Å². The summed E-state index contributed by atoms with van der Waals surface area (Å²) in [5.41, 5.74) is 2.82. The molecule has 1 aromatic rings. The first kappa shape index (κ1) is 11.6. The van der Waals surface area contributed by atoms with Crippen LogP contribution in [0.4, 0.5) is 0 Å². The van der Waals surface area contributed by atoms with Crippen LogP contribution < -0.4 is 0 Å². The molecule has 0 aromatic heterocycles. The Morgan fingerprint density at radius 1 is 1.12 bits per heavy atom. The Hall–Kier alpha value is -0.860. The lowest BCUT2D eigenvalue weighted by atomic mass is 9.93. The second-order valence-electron chi connectivity index (χ2n) is 5.27. The van der Waals surface area contributed by atoms with E-state index in [0.29, 0.717) is 12.0 Å². The molecule has 1 heterocycles. The minimum absolute atomic E-state index is 0.646. The van der Waals surface area contributed by atoms with Crippen molar-refractivity contribution in [1.29, 1.82) is 0 Å². The topological polar surface area (TPSA) is 6.48 Å². The third kappa shape index (κ3) is 2.28. The van der Waals surface area contributed by atoms with Crippen molar-refractivity contribution < 1.29 is 0 Å². The zero-order valence-corrected chi connectivity index (χ0v) is 10.8. The zero-order valence-electron chi connectivity index (χ0n) is 10.8. The Morgan fingerprint density at radius 3 is 2.31 bits per heavy atom. The summed E-state index contributed by atoms with van der Waals surface area (Å²) in [5.74, 6) is 0.653. The van der Waals surface area contributed by atoms with Gasteiger partial charge in [-0.1, -0.05) is 29.8 Å². The Kier molecular flexibility index (Phi) is 3.31. The molecule has 0 bridgehead atoms. The largest absolute Gasteiger partial charge is 0.305 e. The molecule has 0 saturated carbocycles. The Balaban J connectivity index is 2.22. The summed E-state index contributed by atoms with van der Waals surface area (Å²) in [5, 5.41) is 0. The number of rotatable bonds is 2. The highest BCUT2D eigenvalue weighted by molar-refractivity contribution is 5.27. The number of nitrogens with zero attached hydrogens (tertiary/aromatic N) is 2. The minimum Gasteiger partial charge on any atom is -0.305 e. The van der Waals surface area contributed by atoms with Gasteiger partial charge in [0.25, 0.3) is 0 Å². The maximum Gasteiger partial charge on any atom is 0.0297 e. The summed E-state index contributed by atoms with van der Waals surface area (Å²) in [7, 11) is 6.58. The van der Waals surface area contributed by atoms with Crippen molar-refractivity contribution in [3.8, 4) is 0 Å². The number of benzene rings is 1. The maximum atomic E-state index is 2.43. The van der Waals surface area contributed by atoms with Gasteiger partial charge in [-0.05, 0) is 33.6 Å². The van der Waals surface area contributed by atoms with Crippen molar-refractivity contribution in [2.45, 2.75) is 18.9 Å². The number of likely N-dealkylation sites (N-methyl/N-ethyl adjacent to an activating group) is 2. The Bertz CT molecular complexity index is 342. The van der Waals surface area contributed by atoms with E-state index in [2.05, 4.69) is 62.1 Å². The van der Waals surface area contributed by atoms with Crippen molar-refractivity contribution in [2.24, 2.45) is 0 Å². The van der Waals surface area contributed by atoms with E-state index >= 15 is 0 Å². The molecule has 2 nitrogen and oxygen atoms in total. The molecular formula is C14H22N2. The van der Waals surface area contributed by atoms with E-state index in [0.717, 1.165) is 0 Å². The van der Waals surface area contributed by atoms with Gasteiger partial charge < -0.3 is 9.80 Å². The Labute approximate surface area is 98.9 Å². The van der Waals surface area contributed by atoms with Gasteiger partial charge >= 0.3 is 0 Å². The van der Waals surface area contributed by atoms with Crippen LogP contribution in [-0.4, -0.2) is 50.1 Å². The predicted octanol–water partition coefficient (Wildman–Crippen LogP) is 1.95. The van der Waals surface area contributed by atoms with Crippen LogP contribution in [-0.2, 0) is 0 Å². The van der Waals surface area contributed by atoms with Gasteiger partial charge in [0.1, 0.15) is 0 Å². The molecular weight excluding hydrogens is 196 g/mol. The molecule has 1 saturated heterocycles. The molecule has 0 amide bonds. The maximum absolute atomic E-state index is 2.43. The van der Waals surface area contributed by atoms with E-state index in [1.807, 2.05) is 0 Å². The van der Waals surface area contributed by atoms with Crippen LogP contribution in [0.2, 0.25) is 0 Å². The summed E-state index contributed by atoms with van der Waals surface area (Å²) in [6, 6.07) is 9.67. The van der Waals surface area contributed by atoms with Gasteiger partial charge in [-0.2, -0.15) is 0 Å². The number of hydrogen-bond donors (Lipinski definition) is 0. The molecule has 16 heavy (non-hydrogen) atoms. The first-order chi connectivity index (χ1) is 7.58. The number of likely N-dealkylation sites (tertiary alicyclic amines) is 1. The predicted molar refractivity (Wildman–Crippen MR) is 68.9 cm³/mol. The third-order valence-corrected chi connectivity index (χ3v) is 3.64. The van der Waals surface area contributed by atoms with Crippen molar-refractivity contribution in [3.05, 3.63) is 35.4 Å². The summed E-state index contributed by atoms with van der Waals surface area (Å²) in [4.78, 5) is 4.78. The van der Waals surface area contributed by atoms with Crippen LogP contribution in [0.5, 0.6) is 0 Å². The van der Waals surface area contributed by atoms with Gasteiger partial charge in [-0.15, -0.1) is 0 Å². The van der Waals surface area contributed by atoms with Gasteiger partial charge in [-0.3, -0.25) is 0 Å². The van der Waals surface area contributed by atoms with E-state index in [-0.39, 0.29) is 0 Å². The lowest BCUT2D eigenvalue weighted by Gasteiger charge is -2.25. The molecule has 0 radical (unpaired) electrons. The molecule has 2 atom stereocenters. The summed E-state index contributed by atoms with van der Waals surface area (Å²) in [6.45, 7) is 4.49. The van der Waals surface area contributed by atoms with Crippen molar-refractivity contribution in [1.82, 2.24) is 9.80 Å². The lowest BCUT2D eigenvalue weighted by molar-refractivity contribution is 0.276. The van der Waals surface area contributed by atoms with Gasteiger partial charge in [0.2, 0.25) is 0 Å². The molecule has 1 fully saturated rings. The summed E-state index contributed by atoms with van der Waals surface area (Å²) >= 11 is 0. The summed E-state index contributed by atoms with van der Waals surface area (Å²) in [6.07, 6.45) is 0. The van der Waals surface area contributed by atoms with Crippen molar-refractivity contribution in [3.63, 3.8) is 0 Å². The molecule has 0 N–H and O–H groups in total. The van der Waals surface area contributed by atoms with Gasteiger partial charge in [0.15, 0.2) is 0 Å². The highest BCUT2D eigenvalue weighted by Crippen LogP contribution is 2.29. The van der Waals surface area contributed by atoms with Crippen LogP contribution in [0.15, 0.2) is 24.3 Å². The first-order valence-electron chi connectivity index (χ1n) is 5.99. The molecule has 2 rings (SSSR count). The van der Waals surface area contributed by atoms with E-state index in [4.69, 9.17) is 0 Å². The molecule has 88 valence electrons. The minimum atomic E-state index is 0.646. The quantitative estimate of drug-likeness (QED) is 0.748. The van der Waals surface area contributed by atoms with Crippen LogP contribution in [0.25, 0.3) is 0 Å². The fourth-order valence-electron chi connectivity index (χ4n) is 2.64. The van der Waals surface area contributed by atoms with Gasteiger partial charge in [0.05, 0.1) is 0 Å². The summed E-state index contributed by atoms with van der Waals surface area (Å²) < 4.78 is 0. The van der Waals surface area contributed by atoms with Crippen molar-refractivity contribution >= 4 is 0 Å². The number of aryl methyl sites for hydroxylation is 1. The zero-order chi connectivity index (χ0) is 11.7. The molecule has 1 aliphatic heterocycles. The van der Waals surface area contributed by atoms with Crippen LogP contribution in [0.1, 0.15) is 17.0 Å². The first-order valence-corrected chi connectivity index (χ1v) is 5.99. The van der Waals surface area contributed by atoms with Gasteiger partial charge in [-0.25, -0.2) is 0 Å². The SMILES string of the molecule is Cc1ccc([C@H]2CN(C)C[C@@H]2N(C)C)cc1. The van der Waals surface area contributed by atoms with E-state index in [9.17, 15) is 0 Å². The smallest absolute Gasteiger partial charge is 0.0297 e. The molecule has 0 spiro atoms. The number of hydrogen-bond acceptors (Lipinski definition) is 2. The lowest BCUT2D eigenvalue weighted by Crippen LogP contribution is -2.34. The van der Waals surface area contributed by atoms with Crippen LogP contribution in [0, 0.1) is 6.92 Å². The molecule has 1 aromatic carbocycles. The highest BCUT2D eigenvalue weighted by Gasteiger charge is 2.33. The molecule has 2 heteroatoms. The normalized spacial score (nSPS) is 26.6. The standard InChI is InChI=1S/C14H22N2/c1-11-5-7-12(8-6-11)13-9-16(4)10-14(13)15(2)3/h5-8,13-14H,9-10H2,1-4H3/t13-,14+/m1/s1. The monoisotopic (exact) mass is 218 g/mol.